The number of nitrogen functional groups attached to an aromatic ring is 1. The number of nitrogens with one attached hydrogen (secondary N) is 1. The van der Waals surface area contributed by atoms with E-state index in [9.17, 15) is 37.9 Å². The normalized spacial score (nSPS) is 26.3. The number of fused-ring (bicyclic) bond motifs is 1. The first-order valence-corrected chi connectivity index (χ1v) is 14.8. The van der Waals surface area contributed by atoms with E-state index in [1.165, 1.54) is 10.9 Å². The number of phosphoric acid groups is 4. The molecular weight excluding hydrogens is 570 g/mol. The summed E-state index contributed by atoms with van der Waals surface area (Å²) in [5.74, 6) is -0.227. The van der Waals surface area contributed by atoms with Crippen LogP contribution >= 0.6 is 31.3 Å². The molecule has 9 N–H and O–H groups in total. The van der Waals surface area contributed by atoms with Crippen molar-refractivity contribution in [3.63, 3.8) is 0 Å². The van der Waals surface area contributed by atoms with Crippen molar-refractivity contribution in [2.24, 2.45) is 0 Å². The number of nitrogens with two attached hydrogens (primary N) is 1. The second kappa shape index (κ2) is 9.83. The molecule has 2 aromatic rings. The molecule has 0 aliphatic carbocycles. The molecular formula is C10H17N5O16P4. The number of phosphoric ester groups is 1. The first-order chi connectivity index (χ1) is 15.9. The molecule has 3 heterocycles. The van der Waals surface area contributed by atoms with Gasteiger partial charge in [-0.2, -0.15) is 17.9 Å². The van der Waals surface area contributed by atoms with Crippen molar-refractivity contribution in [2.75, 3.05) is 12.3 Å². The van der Waals surface area contributed by atoms with Gasteiger partial charge in [-0.05, 0) is 0 Å². The van der Waals surface area contributed by atoms with Gasteiger partial charge in [-0.25, -0.2) is 23.2 Å². The molecule has 1 saturated heterocycles. The van der Waals surface area contributed by atoms with Gasteiger partial charge in [-0.1, -0.05) is 0 Å². The maximum absolute atomic E-state index is 11.9. The molecule has 1 aliphatic heterocycles. The second-order valence-corrected chi connectivity index (χ2v) is 12.7. The van der Waals surface area contributed by atoms with Crippen molar-refractivity contribution in [3.8, 4) is 0 Å². The maximum Gasteiger partial charge on any atom is 0.490 e. The maximum atomic E-state index is 11.9. The van der Waals surface area contributed by atoms with Crippen LogP contribution in [0.15, 0.2) is 11.1 Å². The van der Waals surface area contributed by atoms with Crippen molar-refractivity contribution < 1.29 is 70.0 Å². The molecule has 0 radical (unpaired) electrons. The Kier molecular flexibility index (Phi) is 7.92. The molecule has 0 aromatic carbocycles. The van der Waals surface area contributed by atoms with Gasteiger partial charge < -0.3 is 40.0 Å². The SMILES string of the molecule is Nc1nc2c(ncn2[C@H]2C[C@H](O)[C@@H](COP(=O)(O)OP(=O)(O)OP(=O)(O)OP(=O)(O)O)O2)c(=O)[nH]1. The lowest BCUT2D eigenvalue weighted by Crippen LogP contribution is -2.26. The number of anilines is 1. The molecule has 1 fully saturated rings. The van der Waals surface area contributed by atoms with Gasteiger partial charge in [0, 0.05) is 6.42 Å². The number of nitrogens with zero attached hydrogens (tertiary/aromatic N) is 3. The van der Waals surface area contributed by atoms with Crippen LogP contribution in [0, 0.1) is 0 Å². The number of H-pyrrole nitrogens is 1. The monoisotopic (exact) mass is 587 g/mol. The summed E-state index contributed by atoms with van der Waals surface area (Å²) in [5, 5.41) is 10.2. The number of aliphatic hydroxyl groups is 1. The minimum absolute atomic E-state index is 0.00510. The van der Waals surface area contributed by atoms with E-state index < -0.39 is 61.9 Å². The van der Waals surface area contributed by atoms with Crippen LogP contribution in [0.2, 0.25) is 0 Å². The van der Waals surface area contributed by atoms with E-state index in [0.717, 1.165) is 0 Å². The zero-order chi connectivity index (χ0) is 26.4. The highest BCUT2D eigenvalue weighted by atomic mass is 31.3. The van der Waals surface area contributed by atoms with Crippen LogP contribution in [-0.2, 0) is 40.5 Å². The molecule has 0 bridgehead atoms. The summed E-state index contributed by atoms with van der Waals surface area (Å²) in [6.07, 6.45) is -2.68. The second-order valence-electron chi connectivity index (χ2n) is 6.64. The van der Waals surface area contributed by atoms with Gasteiger partial charge in [0.15, 0.2) is 11.2 Å². The summed E-state index contributed by atoms with van der Waals surface area (Å²) in [4.78, 5) is 66.8. The molecule has 0 saturated carbocycles. The highest BCUT2D eigenvalue weighted by Crippen LogP contribution is 2.70. The predicted octanol–water partition coefficient (Wildman–Crippen LogP) is -1.19. The number of hydrogen-bond donors (Lipinski definition) is 8. The summed E-state index contributed by atoms with van der Waals surface area (Å²) in [6, 6.07) is 0. The number of hydrogen-bond acceptors (Lipinski definition) is 14. The number of aliphatic hydroxyl groups excluding tert-OH is 1. The van der Waals surface area contributed by atoms with Gasteiger partial charge in [0.1, 0.15) is 12.3 Å². The molecule has 198 valence electrons. The summed E-state index contributed by atoms with van der Waals surface area (Å²) in [5.41, 5.74) is 4.77. The third-order valence-corrected chi connectivity index (χ3v) is 9.44. The molecule has 0 amide bonds. The molecule has 1 aliphatic rings. The van der Waals surface area contributed by atoms with Gasteiger partial charge in [-0.3, -0.25) is 18.9 Å². The minimum Gasteiger partial charge on any atom is -0.390 e. The fraction of sp³-hybridized carbons (Fsp3) is 0.500. The smallest absolute Gasteiger partial charge is 0.390 e. The van der Waals surface area contributed by atoms with Crippen LogP contribution in [0.4, 0.5) is 5.95 Å². The molecule has 3 unspecified atom stereocenters. The number of aromatic nitrogens is 4. The van der Waals surface area contributed by atoms with E-state index in [1.54, 1.807) is 0 Å². The highest BCUT2D eigenvalue weighted by molar-refractivity contribution is 7.69. The standard InChI is InChI=1S/C10H17N5O16P4/c11-10-13-8-7(9(17)14-10)12-3-15(8)6-1-4(16)5(28-6)2-27-33(21,22)30-35(25,26)31-34(23,24)29-32(18,19)20/h3-6,16H,1-2H2,(H,21,22)(H,23,24)(H,25,26)(H2,18,19,20)(H3,11,13,14,17)/t4-,5+,6+/m0/s1. The van der Waals surface area contributed by atoms with Crippen molar-refractivity contribution in [3.05, 3.63) is 16.7 Å². The lowest BCUT2D eigenvalue weighted by atomic mass is 10.2. The lowest BCUT2D eigenvalue weighted by Gasteiger charge is -2.20. The Labute approximate surface area is 192 Å². The van der Waals surface area contributed by atoms with E-state index in [0.29, 0.717) is 0 Å². The van der Waals surface area contributed by atoms with E-state index in [1.807, 2.05) is 0 Å². The fourth-order valence-corrected chi connectivity index (χ4v) is 7.27. The van der Waals surface area contributed by atoms with E-state index in [4.69, 9.17) is 25.2 Å². The quantitative estimate of drug-likeness (QED) is 0.151. The predicted molar refractivity (Wildman–Crippen MR) is 108 cm³/mol. The summed E-state index contributed by atoms with van der Waals surface area (Å²) >= 11 is 0. The van der Waals surface area contributed by atoms with Crippen LogP contribution in [-0.4, -0.2) is 67.9 Å². The molecule has 25 heteroatoms. The van der Waals surface area contributed by atoms with E-state index >= 15 is 0 Å². The average Bonchev–Trinajstić information content (AvgIpc) is 3.19. The fourth-order valence-electron chi connectivity index (χ4n) is 2.81. The van der Waals surface area contributed by atoms with Gasteiger partial charge in [0.25, 0.3) is 5.56 Å². The van der Waals surface area contributed by atoms with Crippen molar-refractivity contribution in [1.29, 1.82) is 0 Å². The summed E-state index contributed by atoms with van der Waals surface area (Å²) in [6.45, 7) is -0.940. The Bertz CT molecular complexity index is 1350. The Morgan fingerprint density at radius 2 is 1.69 bits per heavy atom. The van der Waals surface area contributed by atoms with Crippen LogP contribution < -0.4 is 11.3 Å². The van der Waals surface area contributed by atoms with Crippen molar-refractivity contribution in [1.82, 2.24) is 19.5 Å². The first-order valence-electron chi connectivity index (χ1n) is 8.75. The van der Waals surface area contributed by atoms with Crippen LogP contribution in [0.5, 0.6) is 0 Å². The molecule has 21 nitrogen and oxygen atoms in total. The zero-order valence-corrected chi connectivity index (χ0v) is 20.3. The molecule has 6 atom stereocenters. The Morgan fingerprint density at radius 1 is 1.09 bits per heavy atom. The van der Waals surface area contributed by atoms with E-state index in [2.05, 4.69) is 32.4 Å². The van der Waals surface area contributed by atoms with Gasteiger partial charge in [-0.15, -0.1) is 0 Å². The molecule has 2 aromatic heterocycles. The molecule has 0 spiro atoms. The van der Waals surface area contributed by atoms with E-state index in [-0.39, 0.29) is 23.5 Å². The van der Waals surface area contributed by atoms with Gasteiger partial charge in [0.05, 0.1) is 19.0 Å². The van der Waals surface area contributed by atoms with Crippen LogP contribution in [0.25, 0.3) is 11.2 Å². The zero-order valence-electron chi connectivity index (χ0n) is 16.7. The third kappa shape index (κ3) is 7.56. The number of ether oxygens (including phenoxy) is 1. The number of aromatic amines is 1. The lowest BCUT2D eigenvalue weighted by molar-refractivity contribution is -0.0423. The summed E-state index contributed by atoms with van der Waals surface area (Å²) < 4.78 is 67.2. The van der Waals surface area contributed by atoms with Crippen LogP contribution in [0.1, 0.15) is 12.6 Å². The number of rotatable bonds is 10. The Balaban J connectivity index is 1.64. The van der Waals surface area contributed by atoms with Crippen LogP contribution in [0.3, 0.4) is 0 Å². The Hall–Kier alpha value is -1.37. The third-order valence-electron chi connectivity index (χ3n) is 3.99. The number of imidazole rings is 1. The minimum atomic E-state index is -5.97. The largest absolute Gasteiger partial charge is 0.490 e. The van der Waals surface area contributed by atoms with Crippen molar-refractivity contribution in [2.45, 2.75) is 24.9 Å². The van der Waals surface area contributed by atoms with Crippen molar-refractivity contribution >= 4 is 48.4 Å². The topological polar surface area (TPSA) is 325 Å². The molecule has 35 heavy (non-hydrogen) atoms. The van der Waals surface area contributed by atoms with Gasteiger partial charge in [0.2, 0.25) is 5.95 Å². The average molecular weight is 587 g/mol. The summed E-state index contributed by atoms with van der Waals surface area (Å²) in [7, 11) is -23.2. The first kappa shape index (κ1) is 28.2. The Morgan fingerprint density at radius 3 is 2.31 bits per heavy atom. The van der Waals surface area contributed by atoms with Gasteiger partial charge >= 0.3 is 31.3 Å². The molecule has 3 rings (SSSR count). The highest BCUT2D eigenvalue weighted by Gasteiger charge is 2.46.